The van der Waals surface area contributed by atoms with E-state index in [0.717, 1.165) is 12.8 Å². The summed E-state index contributed by atoms with van der Waals surface area (Å²) in [5.41, 5.74) is 5.06. The Kier molecular flexibility index (Phi) is 5.74. The van der Waals surface area contributed by atoms with Gasteiger partial charge in [-0.25, -0.2) is 0 Å². The highest BCUT2D eigenvalue weighted by Gasteiger charge is 2.42. The summed E-state index contributed by atoms with van der Waals surface area (Å²) in [6, 6.07) is 0. The number of nitrogens with one attached hydrogen (secondary N) is 1. The van der Waals surface area contributed by atoms with Crippen LogP contribution in [-0.2, 0) is 14.3 Å². The maximum absolute atomic E-state index is 12.4. The SMILES string of the molecule is NC(=S)C1(C(=O)NCCOC2CCCC2)CCOCC1. The third kappa shape index (κ3) is 3.68. The molecule has 2 rings (SSSR count). The van der Waals surface area contributed by atoms with Gasteiger partial charge in [0, 0.05) is 19.8 Å². The summed E-state index contributed by atoms with van der Waals surface area (Å²) in [4.78, 5) is 12.6. The number of rotatable bonds is 6. The Labute approximate surface area is 125 Å². The monoisotopic (exact) mass is 300 g/mol. The van der Waals surface area contributed by atoms with Crippen LogP contribution in [0.25, 0.3) is 0 Å². The highest BCUT2D eigenvalue weighted by atomic mass is 32.1. The van der Waals surface area contributed by atoms with Crippen LogP contribution in [0.4, 0.5) is 0 Å². The first-order valence-corrected chi connectivity index (χ1v) is 7.83. The molecule has 0 aromatic heterocycles. The average Bonchev–Trinajstić information content (AvgIpc) is 2.97. The van der Waals surface area contributed by atoms with Gasteiger partial charge in [0.15, 0.2) is 0 Å². The predicted octanol–water partition coefficient (Wildman–Crippen LogP) is 1.14. The number of thiocarbonyl (C=S) groups is 1. The summed E-state index contributed by atoms with van der Waals surface area (Å²) < 4.78 is 11.0. The quantitative estimate of drug-likeness (QED) is 0.568. The van der Waals surface area contributed by atoms with E-state index in [1.165, 1.54) is 12.8 Å². The van der Waals surface area contributed by atoms with Crippen LogP contribution in [0.1, 0.15) is 38.5 Å². The molecule has 6 heteroatoms. The van der Waals surface area contributed by atoms with Gasteiger partial charge in [-0.1, -0.05) is 25.1 Å². The lowest BCUT2D eigenvalue weighted by atomic mass is 9.79. The van der Waals surface area contributed by atoms with E-state index in [9.17, 15) is 4.79 Å². The predicted molar refractivity (Wildman–Crippen MR) is 80.5 cm³/mol. The first-order valence-electron chi connectivity index (χ1n) is 7.43. The van der Waals surface area contributed by atoms with Gasteiger partial charge in [-0.2, -0.15) is 0 Å². The molecule has 0 aromatic carbocycles. The smallest absolute Gasteiger partial charge is 0.233 e. The molecule has 0 unspecified atom stereocenters. The van der Waals surface area contributed by atoms with Crippen molar-refractivity contribution < 1.29 is 14.3 Å². The van der Waals surface area contributed by atoms with Crippen molar-refractivity contribution >= 4 is 23.1 Å². The molecule has 20 heavy (non-hydrogen) atoms. The molecule has 0 spiro atoms. The van der Waals surface area contributed by atoms with Crippen molar-refractivity contribution in [1.82, 2.24) is 5.32 Å². The van der Waals surface area contributed by atoms with E-state index >= 15 is 0 Å². The van der Waals surface area contributed by atoms with Crippen LogP contribution in [0.15, 0.2) is 0 Å². The molecule has 1 aliphatic heterocycles. The molecule has 1 heterocycles. The van der Waals surface area contributed by atoms with Crippen LogP contribution >= 0.6 is 12.2 Å². The molecular formula is C14H24N2O3S. The second kappa shape index (κ2) is 7.33. The van der Waals surface area contributed by atoms with E-state index in [1.807, 2.05) is 0 Å². The molecule has 5 nitrogen and oxygen atoms in total. The molecule has 2 fully saturated rings. The fourth-order valence-electron chi connectivity index (χ4n) is 2.92. The molecule has 0 aromatic rings. The highest BCUT2D eigenvalue weighted by Crippen LogP contribution is 2.31. The summed E-state index contributed by atoms with van der Waals surface area (Å²) in [6.45, 7) is 2.13. The van der Waals surface area contributed by atoms with Crippen molar-refractivity contribution in [3.05, 3.63) is 0 Å². The molecule has 3 N–H and O–H groups in total. The standard InChI is InChI=1S/C14H24N2O3S/c15-12(20)14(5-8-18-9-6-14)13(17)16-7-10-19-11-3-1-2-4-11/h11H,1-10H2,(H2,15,20)(H,16,17). The van der Waals surface area contributed by atoms with Crippen LogP contribution in [0.5, 0.6) is 0 Å². The van der Waals surface area contributed by atoms with E-state index in [1.54, 1.807) is 0 Å². The van der Waals surface area contributed by atoms with E-state index in [4.69, 9.17) is 27.4 Å². The largest absolute Gasteiger partial charge is 0.392 e. The van der Waals surface area contributed by atoms with Crippen LogP contribution in [0.2, 0.25) is 0 Å². The lowest BCUT2D eigenvalue weighted by molar-refractivity contribution is -0.131. The minimum atomic E-state index is -0.735. The van der Waals surface area contributed by atoms with E-state index in [-0.39, 0.29) is 10.9 Å². The molecule has 1 aliphatic carbocycles. The second-order valence-electron chi connectivity index (χ2n) is 5.59. The number of nitrogens with two attached hydrogens (primary N) is 1. The van der Waals surface area contributed by atoms with Crippen molar-refractivity contribution in [3.8, 4) is 0 Å². The maximum atomic E-state index is 12.4. The first kappa shape index (κ1) is 15.7. The van der Waals surface area contributed by atoms with Gasteiger partial charge in [0.25, 0.3) is 0 Å². The zero-order valence-corrected chi connectivity index (χ0v) is 12.7. The zero-order chi connectivity index (χ0) is 14.4. The lowest BCUT2D eigenvalue weighted by Crippen LogP contribution is -2.52. The number of carbonyl (C=O) groups excluding carboxylic acids is 1. The van der Waals surface area contributed by atoms with Gasteiger partial charge in [-0.05, 0) is 25.7 Å². The Morgan fingerprint density at radius 1 is 1.35 bits per heavy atom. The number of amides is 1. The van der Waals surface area contributed by atoms with Crippen molar-refractivity contribution in [2.45, 2.75) is 44.6 Å². The number of ether oxygens (including phenoxy) is 2. The molecule has 2 aliphatic rings. The van der Waals surface area contributed by atoms with Crippen molar-refractivity contribution in [2.24, 2.45) is 11.1 Å². The van der Waals surface area contributed by atoms with Crippen molar-refractivity contribution in [3.63, 3.8) is 0 Å². The molecular weight excluding hydrogens is 276 g/mol. The fraction of sp³-hybridized carbons (Fsp3) is 0.857. The van der Waals surface area contributed by atoms with Gasteiger partial charge < -0.3 is 20.5 Å². The highest BCUT2D eigenvalue weighted by molar-refractivity contribution is 7.80. The van der Waals surface area contributed by atoms with Gasteiger partial charge in [-0.15, -0.1) is 0 Å². The minimum Gasteiger partial charge on any atom is -0.392 e. The fourth-order valence-corrected chi connectivity index (χ4v) is 3.22. The van der Waals surface area contributed by atoms with Gasteiger partial charge in [0.05, 0.1) is 17.7 Å². The molecule has 1 saturated heterocycles. The second-order valence-corrected chi connectivity index (χ2v) is 6.03. The van der Waals surface area contributed by atoms with Crippen LogP contribution in [-0.4, -0.2) is 43.4 Å². The minimum absolute atomic E-state index is 0.0803. The zero-order valence-electron chi connectivity index (χ0n) is 11.9. The summed E-state index contributed by atoms with van der Waals surface area (Å²) in [7, 11) is 0. The van der Waals surface area contributed by atoms with E-state index < -0.39 is 5.41 Å². The Morgan fingerprint density at radius 2 is 2.00 bits per heavy atom. The number of carbonyl (C=O) groups is 1. The van der Waals surface area contributed by atoms with Gasteiger partial charge in [0.2, 0.25) is 5.91 Å². The molecule has 1 amide bonds. The molecule has 0 radical (unpaired) electrons. The first-order chi connectivity index (χ1) is 9.65. The van der Waals surface area contributed by atoms with Gasteiger partial charge >= 0.3 is 0 Å². The maximum Gasteiger partial charge on any atom is 0.233 e. The summed E-state index contributed by atoms with van der Waals surface area (Å²) >= 11 is 5.10. The molecule has 0 bridgehead atoms. The van der Waals surface area contributed by atoms with Crippen molar-refractivity contribution in [2.75, 3.05) is 26.4 Å². The van der Waals surface area contributed by atoms with Crippen molar-refractivity contribution in [1.29, 1.82) is 0 Å². The topological polar surface area (TPSA) is 73.6 Å². The molecule has 114 valence electrons. The third-order valence-corrected chi connectivity index (χ3v) is 4.69. The summed E-state index contributed by atoms with van der Waals surface area (Å²) in [6.07, 6.45) is 6.29. The Morgan fingerprint density at radius 3 is 2.60 bits per heavy atom. The average molecular weight is 300 g/mol. The van der Waals surface area contributed by atoms with Crippen LogP contribution < -0.4 is 11.1 Å². The van der Waals surface area contributed by atoms with Gasteiger partial charge in [-0.3, -0.25) is 4.79 Å². The van der Waals surface area contributed by atoms with E-state index in [0.29, 0.717) is 45.3 Å². The summed E-state index contributed by atoms with van der Waals surface area (Å²) in [5, 5.41) is 2.91. The van der Waals surface area contributed by atoms with Crippen LogP contribution in [0, 0.1) is 5.41 Å². The third-order valence-electron chi connectivity index (χ3n) is 4.30. The Balaban J connectivity index is 1.75. The lowest BCUT2D eigenvalue weighted by Gasteiger charge is -2.34. The van der Waals surface area contributed by atoms with Crippen LogP contribution in [0.3, 0.4) is 0 Å². The normalized spacial score (nSPS) is 22.6. The number of hydrogen-bond donors (Lipinski definition) is 2. The number of hydrogen-bond acceptors (Lipinski definition) is 4. The molecule has 0 atom stereocenters. The van der Waals surface area contributed by atoms with Gasteiger partial charge in [0.1, 0.15) is 5.41 Å². The Hall–Kier alpha value is -0.720. The summed E-state index contributed by atoms with van der Waals surface area (Å²) in [5.74, 6) is -0.0803. The molecule has 1 saturated carbocycles. The Bertz CT molecular complexity index is 350. The van der Waals surface area contributed by atoms with E-state index in [2.05, 4.69) is 5.32 Å².